The van der Waals surface area contributed by atoms with Crippen LogP contribution in [0.4, 0.5) is 35.2 Å². The number of benzene rings is 1. The van der Waals surface area contributed by atoms with E-state index in [9.17, 15) is 18.0 Å². The molecule has 1 aliphatic rings. The minimum absolute atomic E-state index is 0.260. The Kier molecular flexibility index (Phi) is 7.27. The molecule has 0 unspecified atom stereocenters. The van der Waals surface area contributed by atoms with Crippen molar-refractivity contribution in [2.24, 2.45) is 0 Å². The zero-order chi connectivity index (χ0) is 24.0. The lowest BCUT2D eigenvalue weighted by Crippen LogP contribution is -2.31. The van der Waals surface area contributed by atoms with E-state index in [0.29, 0.717) is 5.69 Å². The van der Waals surface area contributed by atoms with Crippen molar-refractivity contribution in [3.8, 4) is 0 Å². The van der Waals surface area contributed by atoms with Crippen LogP contribution in [0.5, 0.6) is 0 Å². The van der Waals surface area contributed by atoms with Crippen LogP contribution in [-0.2, 0) is 12.7 Å². The predicted molar refractivity (Wildman–Crippen MR) is 125 cm³/mol. The Hall–Kier alpha value is -3.66. The van der Waals surface area contributed by atoms with Gasteiger partial charge in [0.05, 0.1) is 17.4 Å². The van der Waals surface area contributed by atoms with Crippen LogP contribution >= 0.6 is 0 Å². The number of carbonyl (C=O) groups excluding carboxylic acids is 1. The molecule has 7 nitrogen and oxygen atoms in total. The molecule has 0 aliphatic carbocycles. The summed E-state index contributed by atoms with van der Waals surface area (Å²) >= 11 is 0. The number of anilines is 3. The van der Waals surface area contributed by atoms with Crippen molar-refractivity contribution < 1.29 is 18.0 Å². The molecule has 1 aromatic carbocycles. The van der Waals surface area contributed by atoms with Gasteiger partial charge in [-0.1, -0.05) is 6.07 Å². The van der Waals surface area contributed by atoms with Crippen LogP contribution in [0.1, 0.15) is 17.5 Å². The molecule has 1 saturated heterocycles. The summed E-state index contributed by atoms with van der Waals surface area (Å²) in [5, 5.41) is 5.16. The molecule has 1 aliphatic heterocycles. The number of hydrogen-bond donors (Lipinski definition) is 2. The molecule has 178 valence electrons. The maximum atomic E-state index is 12.7. The van der Waals surface area contributed by atoms with Crippen molar-refractivity contribution in [3.05, 3.63) is 78.2 Å². The first-order valence-electron chi connectivity index (χ1n) is 10.9. The van der Waals surface area contributed by atoms with Crippen LogP contribution < -0.4 is 15.5 Å². The first-order valence-corrected chi connectivity index (χ1v) is 10.9. The van der Waals surface area contributed by atoms with Crippen LogP contribution in [0.2, 0.25) is 0 Å². The maximum Gasteiger partial charge on any atom is 0.416 e. The van der Waals surface area contributed by atoms with Gasteiger partial charge in [-0.3, -0.25) is 9.88 Å². The Bertz CT molecular complexity index is 1070. The summed E-state index contributed by atoms with van der Waals surface area (Å²) in [6.07, 6.45) is 1.83. The summed E-state index contributed by atoms with van der Waals surface area (Å²) in [5.41, 5.74) is 1.17. The summed E-state index contributed by atoms with van der Waals surface area (Å²) in [6, 6.07) is 11.3. The molecule has 3 heterocycles. The van der Waals surface area contributed by atoms with Gasteiger partial charge >= 0.3 is 12.2 Å². The summed E-state index contributed by atoms with van der Waals surface area (Å²) in [6.45, 7) is 4.50. The number of amides is 2. The lowest BCUT2D eigenvalue weighted by atomic mass is 10.2. The minimum atomic E-state index is -4.42. The minimum Gasteiger partial charge on any atom is -0.355 e. The summed E-state index contributed by atoms with van der Waals surface area (Å²) in [4.78, 5) is 25.5. The molecular weight excluding hydrogens is 445 g/mol. The number of nitrogens with one attached hydrogen (secondary N) is 2. The zero-order valence-electron chi connectivity index (χ0n) is 18.4. The molecule has 1 fully saturated rings. The van der Waals surface area contributed by atoms with Gasteiger partial charge in [-0.05, 0) is 54.4 Å². The van der Waals surface area contributed by atoms with Crippen molar-refractivity contribution in [1.29, 1.82) is 0 Å². The molecule has 0 saturated carbocycles. The summed E-state index contributed by atoms with van der Waals surface area (Å²) < 4.78 is 38.0. The molecule has 2 aromatic heterocycles. The Labute approximate surface area is 195 Å². The third-order valence-electron chi connectivity index (χ3n) is 5.52. The van der Waals surface area contributed by atoms with Gasteiger partial charge in [0.25, 0.3) is 0 Å². The van der Waals surface area contributed by atoms with Gasteiger partial charge in [-0.25, -0.2) is 9.78 Å². The van der Waals surface area contributed by atoms with E-state index < -0.39 is 17.8 Å². The quantitative estimate of drug-likeness (QED) is 0.558. The fourth-order valence-corrected chi connectivity index (χ4v) is 3.79. The number of urea groups is 1. The van der Waals surface area contributed by atoms with Gasteiger partial charge in [0.1, 0.15) is 5.82 Å². The highest BCUT2D eigenvalue weighted by molar-refractivity contribution is 5.99. The monoisotopic (exact) mass is 470 g/mol. The van der Waals surface area contributed by atoms with Crippen LogP contribution in [0.15, 0.2) is 67.1 Å². The first-order chi connectivity index (χ1) is 16.4. The smallest absolute Gasteiger partial charge is 0.355 e. The van der Waals surface area contributed by atoms with E-state index >= 15 is 0 Å². The molecular formula is C24H25F3N6O. The van der Waals surface area contributed by atoms with Crippen molar-refractivity contribution >= 4 is 23.2 Å². The van der Waals surface area contributed by atoms with Crippen molar-refractivity contribution in [1.82, 2.24) is 14.9 Å². The van der Waals surface area contributed by atoms with Gasteiger partial charge in [-0.2, -0.15) is 13.2 Å². The van der Waals surface area contributed by atoms with Crippen LogP contribution in [0.3, 0.4) is 0 Å². The third-order valence-corrected chi connectivity index (χ3v) is 5.52. The molecule has 0 spiro atoms. The average molecular weight is 470 g/mol. The van der Waals surface area contributed by atoms with E-state index in [1.807, 2.05) is 18.3 Å². The average Bonchev–Trinajstić information content (AvgIpc) is 3.05. The molecule has 2 N–H and O–H groups in total. The zero-order valence-corrected chi connectivity index (χ0v) is 18.4. The van der Waals surface area contributed by atoms with E-state index in [0.717, 1.165) is 57.1 Å². The van der Waals surface area contributed by atoms with E-state index in [1.54, 1.807) is 18.5 Å². The molecule has 10 heteroatoms. The molecule has 0 bridgehead atoms. The predicted octanol–water partition coefficient (Wildman–Crippen LogP) is 4.85. The van der Waals surface area contributed by atoms with Gasteiger partial charge in [-0.15, -0.1) is 0 Å². The topological polar surface area (TPSA) is 73.4 Å². The van der Waals surface area contributed by atoms with E-state index in [1.165, 1.54) is 17.7 Å². The van der Waals surface area contributed by atoms with E-state index in [2.05, 4.69) is 36.5 Å². The van der Waals surface area contributed by atoms with Crippen molar-refractivity contribution in [2.75, 3.05) is 41.7 Å². The Balaban J connectivity index is 1.28. The number of carbonyl (C=O) groups is 1. The highest BCUT2D eigenvalue weighted by Crippen LogP contribution is 2.29. The van der Waals surface area contributed by atoms with Crippen LogP contribution in [0, 0.1) is 0 Å². The second kappa shape index (κ2) is 10.5. The number of aromatic nitrogens is 2. The lowest BCUT2D eigenvalue weighted by molar-refractivity contribution is -0.137. The van der Waals surface area contributed by atoms with E-state index in [-0.39, 0.29) is 5.69 Å². The molecule has 0 atom stereocenters. The molecule has 0 radical (unpaired) electrons. The normalized spacial score (nSPS) is 15.0. The molecule has 4 rings (SSSR count). The van der Waals surface area contributed by atoms with Crippen molar-refractivity contribution in [2.45, 2.75) is 19.1 Å². The number of halogens is 3. The Morgan fingerprint density at radius 2 is 1.68 bits per heavy atom. The number of hydrogen-bond acceptors (Lipinski definition) is 5. The highest BCUT2D eigenvalue weighted by atomic mass is 19.4. The Morgan fingerprint density at radius 3 is 2.35 bits per heavy atom. The van der Waals surface area contributed by atoms with Crippen LogP contribution in [0.25, 0.3) is 0 Å². The maximum absolute atomic E-state index is 12.7. The number of rotatable bonds is 5. The number of pyridine rings is 2. The third kappa shape index (κ3) is 6.44. The fourth-order valence-electron chi connectivity index (χ4n) is 3.79. The second-order valence-electron chi connectivity index (χ2n) is 8.04. The summed E-state index contributed by atoms with van der Waals surface area (Å²) in [5.74, 6) is 0.830. The van der Waals surface area contributed by atoms with Gasteiger partial charge < -0.3 is 15.5 Å². The number of alkyl halides is 3. The number of nitrogens with zero attached hydrogens (tertiary/aromatic N) is 4. The molecule has 34 heavy (non-hydrogen) atoms. The highest BCUT2D eigenvalue weighted by Gasteiger charge is 2.30. The van der Waals surface area contributed by atoms with E-state index in [4.69, 9.17) is 0 Å². The molecule has 2 amide bonds. The lowest BCUT2D eigenvalue weighted by Gasteiger charge is -2.23. The SMILES string of the molecule is O=C(Nc1ccc(C(F)(F)F)cc1)Nc1ccc(N2CCCN(Cc3cccnc3)CC2)nc1. The second-order valence-corrected chi connectivity index (χ2v) is 8.04. The van der Waals surface area contributed by atoms with Crippen LogP contribution in [-0.4, -0.2) is 47.1 Å². The summed E-state index contributed by atoms with van der Waals surface area (Å²) in [7, 11) is 0. The van der Waals surface area contributed by atoms with Gasteiger partial charge in [0, 0.05) is 50.8 Å². The standard InChI is InChI=1S/C24H25F3N6O/c25-24(26,27)19-4-6-20(7-5-19)30-23(34)31-21-8-9-22(29-16-21)33-12-2-11-32(13-14-33)17-18-3-1-10-28-15-18/h1,3-10,15-16H,2,11-14,17H2,(H2,30,31,34). The van der Waals surface area contributed by atoms with Crippen molar-refractivity contribution in [3.63, 3.8) is 0 Å². The fraction of sp³-hybridized carbons (Fsp3) is 0.292. The molecule has 3 aromatic rings. The van der Waals surface area contributed by atoms with Gasteiger partial charge in [0.15, 0.2) is 0 Å². The first kappa shape index (κ1) is 23.5. The largest absolute Gasteiger partial charge is 0.416 e. The Morgan fingerprint density at radius 1 is 0.912 bits per heavy atom. The van der Waals surface area contributed by atoms with Gasteiger partial charge in [0.2, 0.25) is 0 Å².